The molecule has 1 heterocycles. The largest absolute Gasteiger partial charge is 0.393 e. The molecule has 5 saturated carbocycles. The fourth-order valence-corrected chi connectivity index (χ4v) is 11.7. The summed E-state index contributed by atoms with van der Waals surface area (Å²) >= 11 is 0. The highest BCUT2D eigenvalue weighted by Gasteiger charge is 2.84. The van der Waals surface area contributed by atoms with E-state index in [0.29, 0.717) is 39.1 Å². The number of fused-ring (bicyclic) bond motifs is 5. The van der Waals surface area contributed by atoms with Gasteiger partial charge in [-0.2, -0.15) is 0 Å². The maximum atomic E-state index is 10.9. The molecule has 0 aromatic rings. The van der Waals surface area contributed by atoms with E-state index < -0.39 is 0 Å². The van der Waals surface area contributed by atoms with Crippen LogP contribution in [0, 0.1) is 50.2 Å². The van der Waals surface area contributed by atoms with Crippen molar-refractivity contribution in [3.63, 3.8) is 0 Å². The predicted molar refractivity (Wildman–Crippen MR) is 130 cm³/mol. The van der Waals surface area contributed by atoms with Gasteiger partial charge in [-0.1, -0.05) is 55.4 Å². The van der Waals surface area contributed by atoms with E-state index in [1.165, 1.54) is 57.8 Å². The zero-order valence-electron chi connectivity index (χ0n) is 22.3. The Morgan fingerprint density at radius 1 is 0.719 bits per heavy atom. The van der Waals surface area contributed by atoms with Crippen LogP contribution in [0.1, 0.15) is 120 Å². The minimum absolute atomic E-state index is 0.0344. The lowest BCUT2D eigenvalue weighted by Crippen LogP contribution is -2.70. The molecule has 5 aliphatic carbocycles. The van der Waals surface area contributed by atoms with Gasteiger partial charge in [-0.05, 0) is 109 Å². The van der Waals surface area contributed by atoms with Crippen LogP contribution in [-0.2, 0) is 4.74 Å². The molecule has 182 valence electrons. The monoisotopic (exact) mass is 442 g/mol. The Hall–Kier alpha value is -0.0800. The topological polar surface area (TPSA) is 32.8 Å². The summed E-state index contributed by atoms with van der Waals surface area (Å²) in [4.78, 5) is 0. The van der Waals surface area contributed by atoms with Crippen molar-refractivity contribution in [3.05, 3.63) is 0 Å². The fraction of sp³-hybridized carbons (Fsp3) is 1.00. The molecule has 6 aliphatic rings. The molecule has 6 rings (SSSR count). The molecule has 32 heavy (non-hydrogen) atoms. The number of rotatable bonds is 0. The molecule has 1 saturated heterocycles. The minimum Gasteiger partial charge on any atom is -0.393 e. The van der Waals surface area contributed by atoms with Gasteiger partial charge in [-0.3, -0.25) is 0 Å². The summed E-state index contributed by atoms with van der Waals surface area (Å²) < 4.78 is 7.11. The molecule has 0 amide bonds. The molecule has 6 fully saturated rings. The quantitative estimate of drug-likeness (QED) is 0.397. The second kappa shape index (κ2) is 6.00. The molecule has 0 unspecified atom stereocenters. The number of aliphatic hydroxyl groups is 1. The first-order valence-corrected chi connectivity index (χ1v) is 14.0. The summed E-state index contributed by atoms with van der Waals surface area (Å²) in [6.07, 6.45) is 13.3. The van der Waals surface area contributed by atoms with Crippen molar-refractivity contribution in [1.82, 2.24) is 0 Å². The van der Waals surface area contributed by atoms with E-state index >= 15 is 0 Å². The van der Waals surface area contributed by atoms with Crippen molar-refractivity contribution in [2.45, 2.75) is 137 Å². The van der Waals surface area contributed by atoms with Crippen LogP contribution < -0.4 is 0 Å². The highest BCUT2D eigenvalue weighted by molar-refractivity contribution is 5.31. The van der Waals surface area contributed by atoms with Gasteiger partial charge in [-0.15, -0.1) is 0 Å². The zero-order chi connectivity index (χ0) is 23.2. The molecular formula is C30H50O2. The molecule has 10 atom stereocenters. The Bertz CT molecular complexity index is 831. The smallest absolute Gasteiger partial charge is 0.104 e. The van der Waals surface area contributed by atoms with Crippen LogP contribution in [0.5, 0.6) is 0 Å². The summed E-state index contributed by atoms with van der Waals surface area (Å²) in [6, 6.07) is 0. The predicted octanol–water partition coefficient (Wildman–Crippen LogP) is 7.38. The van der Waals surface area contributed by atoms with Crippen LogP contribution in [0.15, 0.2) is 0 Å². The highest BCUT2D eigenvalue weighted by atomic mass is 16.6. The summed E-state index contributed by atoms with van der Waals surface area (Å²) in [5.74, 6) is 2.09. The maximum Gasteiger partial charge on any atom is 0.104 e. The van der Waals surface area contributed by atoms with Gasteiger partial charge >= 0.3 is 0 Å². The first-order valence-electron chi connectivity index (χ1n) is 14.0. The van der Waals surface area contributed by atoms with E-state index in [9.17, 15) is 5.11 Å². The number of hydrogen-bond donors (Lipinski definition) is 1. The van der Waals surface area contributed by atoms with Gasteiger partial charge in [0.1, 0.15) is 5.60 Å². The summed E-state index contributed by atoms with van der Waals surface area (Å²) in [5, 5.41) is 10.9. The van der Waals surface area contributed by atoms with E-state index in [0.717, 1.165) is 18.3 Å². The number of epoxide rings is 1. The standard InChI is InChI=1S/C30H50O2/c1-24(2)13-14-26(5)15-16-29(8)28(7)12-9-19-25(3,4)22(31)10-11-27(19,6)20(28)17-23-30(29,32-23)21(26)18-24/h19-23,31H,9-18H2,1-8H3/t19-,20+,21+,22+,23+,26+,27-,28+,29-,30+/m1/s1. The van der Waals surface area contributed by atoms with E-state index in [1.807, 2.05) is 0 Å². The Kier molecular flexibility index (Phi) is 4.20. The Balaban J connectivity index is 1.43. The van der Waals surface area contributed by atoms with E-state index in [-0.39, 0.29) is 17.1 Å². The van der Waals surface area contributed by atoms with Gasteiger partial charge in [0.05, 0.1) is 12.2 Å². The third-order valence-corrected chi connectivity index (χ3v) is 14.0. The third-order valence-electron chi connectivity index (χ3n) is 14.0. The zero-order valence-corrected chi connectivity index (χ0v) is 22.3. The Morgan fingerprint density at radius 2 is 1.41 bits per heavy atom. The van der Waals surface area contributed by atoms with Crippen molar-refractivity contribution in [2.24, 2.45) is 50.2 Å². The van der Waals surface area contributed by atoms with Gasteiger partial charge in [-0.25, -0.2) is 0 Å². The van der Waals surface area contributed by atoms with Gasteiger partial charge in [0.15, 0.2) is 0 Å². The van der Waals surface area contributed by atoms with E-state index in [4.69, 9.17) is 4.74 Å². The van der Waals surface area contributed by atoms with Crippen molar-refractivity contribution < 1.29 is 9.84 Å². The fourth-order valence-electron chi connectivity index (χ4n) is 11.7. The van der Waals surface area contributed by atoms with Gasteiger partial charge in [0, 0.05) is 5.41 Å². The number of hydrogen-bond acceptors (Lipinski definition) is 2. The summed E-state index contributed by atoms with van der Waals surface area (Å²) in [6.45, 7) is 20.4. The SMILES string of the molecule is CC1(C)CC[C@@]2(C)CC[C@@]3(C)[C@]4(O[C@H]4C[C@H]4[C@]5(C)CC[C@H](O)C(C)(C)[C@H]5CC[C@@]43C)[C@H]2C1. The lowest BCUT2D eigenvalue weighted by molar-refractivity contribution is -0.242. The molecule has 0 aromatic heterocycles. The molecule has 0 radical (unpaired) electrons. The molecular weight excluding hydrogens is 392 g/mol. The van der Waals surface area contributed by atoms with Crippen molar-refractivity contribution in [1.29, 1.82) is 0 Å². The van der Waals surface area contributed by atoms with Crippen molar-refractivity contribution in [3.8, 4) is 0 Å². The molecule has 0 bridgehead atoms. The molecule has 1 spiro atoms. The van der Waals surface area contributed by atoms with Crippen LogP contribution in [0.2, 0.25) is 0 Å². The lowest BCUT2D eigenvalue weighted by Gasteiger charge is -2.72. The average Bonchev–Trinajstić information content (AvgIpc) is 3.43. The summed E-state index contributed by atoms with van der Waals surface area (Å²) in [7, 11) is 0. The molecule has 2 heteroatoms. The molecule has 1 N–H and O–H groups in total. The molecule has 0 aromatic carbocycles. The van der Waals surface area contributed by atoms with Gasteiger partial charge in [0.2, 0.25) is 0 Å². The van der Waals surface area contributed by atoms with Gasteiger partial charge < -0.3 is 9.84 Å². The number of aliphatic hydroxyl groups excluding tert-OH is 1. The first-order chi connectivity index (χ1) is 14.7. The average molecular weight is 443 g/mol. The van der Waals surface area contributed by atoms with Crippen molar-refractivity contribution >= 4 is 0 Å². The first kappa shape index (κ1) is 22.4. The maximum absolute atomic E-state index is 10.9. The van der Waals surface area contributed by atoms with E-state index in [2.05, 4.69) is 55.4 Å². The van der Waals surface area contributed by atoms with Crippen LogP contribution in [0.4, 0.5) is 0 Å². The lowest BCUT2D eigenvalue weighted by atomic mass is 9.31. The van der Waals surface area contributed by atoms with Crippen LogP contribution >= 0.6 is 0 Å². The second-order valence-corrected chi connectivity index (χ2v) is 16.0. The normalized spacial score (nSPS) is 62.0. The minimum atomic E-state index is -0.139. The Morgan fingerprint density at radius 3 is 2.12 bits per heavy atom. The van der Waals surface area contributed by atoms with Crippen LogP contribution in [-0.4, -0.2) is 22.9 Å². The van der Waals surface area contributed by atoms with Gasteiger partial charge in [0.25, 0.3) is 0 Å². The number of ether oxygens (including phenoxy) is 1. The molecule has 1 aliphatic heterocycles. The summed E-state index contributed by atoms with van der Waals surface area (Å²) in [5.41, 5.74) is 2.08. The van der Waals surface area contributed by atoms with Crippen molar-refractivity contribution in [2.75, 3.05) is 0 Å². The highest BCUT2D eigenvalue weighted by Crippen LogP contribution is 2.83. The second-order valence-electron chi connectivity index (χ2n) is 16.0. The third kappa shape index (κ3) is 2.32. The van der Waals surface area contributed by atoms with E-state index in [1.54, 1.807) is 0 Å². The Labute approximate surface area is 197 Å². The van der Waals surface area contributed by atoms with Crippen LogP contribution in [0.3, 0.4) is 0 Å². The molecule has 2 nitrogen and oxygen atoms in total. The van der Waals surface area contributed by atoms with Crippen LogP contribution in [0.25, 0.3) is 0 Å².